The Morgan fingerprint density at radius 2 is 2.24 bits per heavy atom. The Morgan fingerprint density at radius 1 is 1.53 bits per heavy atom. The second-order valence-corrected chi connectivity index (χ2v) is 4.28. The molecular weight excluding hydrogens is 240 g/mol. The highest BCUT2D eigenvalue weighted by atomic mass is 35.5. The zero-order valence-corrected chi connectivity index (χ0v) is 11.4. The van der Waals surface area contributed by atoms with Gasteiger partial charge in [-0.15, -0.1) is 0 Å². The third-order valence-electron chi connectivity index (χ3n) is 2.74. The molecule has 0 radical (unpaired) electrons. The summed E-state index contributed by atoms with van der Waals surface area (Å²) in [6.07, 6.45) is 1.55. The van der Waals surface area contributed by atoms with E-state index in [0.717, 1.165) is 29.4 Å². The first-order chi connectivity index (χ1) is 8.17. The largest absolute Gasteiger partial charge is 0.383 e. The van der Waals surface area contributed by atoms with Crippen LogP contribution in [-0.4, -0.2) is 29.5 Å². The number of ether oxygens (including phenoxy) is 1. The van der Waals surface area contributed by atoms with Crippen LogP contribution in [0.2, 0.25) is 5.02 Å². The fourth-order valence-corrected chi connectivity index (χ4v) is 2.16. The van der Waals surface area contributed by atoms with Gasteiger partial charge >= 0.3 is 0 Å². The third-order valence-corrected chi connectivity index (χ3v) is 3.17. The van der Waals surface area contributed by atoms with Crippen LogP contribution in [0.3, 0.4) is 0 Å². The van der Waals surface area contributed by atoms with Crippen molar-refractivity contribution in [1.29, 1.82) is 0 Å². The Bertz CT molecular complexity index is 353. The van der Waals surface area contributed by atoms with Gasteiger partial charge in [0.25, 0.3) is 0 Å². The number of hydrazine groups is 1. The zero-order chi connectivity index (χ0) is 12.8. The van der Waals surface area contributed by atoms with Crippen molar-refractivity contribution in [2.24, 2.45) is 5.84 Å². The first-order valence-corrected chi connectivity index (χ1v) is 6.24. The van der Waals surface area contributed by atoms with Gasteiger partial charge in [-0.3, -0.25) is 16.0 Å². The van der Waals surface area contributed by atoms with Gasteiger partial charge in [0.05, 0.1) is 23.0 Å². The average molecular weight is 261 g/mol. The molecule has 1 heterocycles. The van der Waals surface area contributed by atoms with Crippen molar-refractivity contribution in [3.8, 4) is 0 Å². The van der Waals surface area contributed by atoms with Crippen LogP contribution >= 0.6 is 11.6 Å². The molecule has 0 aromatic carbocycles. The lowest BCUT2D eigenvalue weighted by Crippen LogP contribution is -2.40. The van der Waals surface area contributed by atoms with Crippen molar-refractivity contribution in [3.63, 3.8) is 0 Å². The topological polar surface area (TPSA) is 65.1 Å². The molecule has 0 amide bonds. The van der Waals surface area contributed by atoms with Crippen molar-refractivity contribution < 1.29 is 4.74 Å². The summed E-state index contributed by atoms with van der Waals surface area (Å²) in [5.74, 6) is 5.48. The smallest absolute Gasteiger partial charge is 0.0850 e. The van der Waals surface area contributed by atoms with Crippen molar-refractivity contribution in [3.05, 3.63) is 16.4 Å². The lowest BCUT2D eigenvalue weighted by atomic mass is 10.1. The molecule has 0 aliphatic rings. The van der Waals surface area contributed by atoms with Crippen molar-refractivity contribution in [1.82, 2.24) is 15.2 Å². The fraction of sp³-hybridized carbons (Fsp3) is 0.727. The number of nitrogens with one attached hydrogen (secondary N) is 1. The minimum atomic E-state index is 0.0456. The van der Waals surface area contributed by atoms with Crippen LogP contribution in [0.15, 0.2) is 0 Å². The summed E-state index contributed by atoms with van der Waals surface area (Å²) in [5.41, 5.74) is 4.69. The number of aryl methyl sites for hydroxylation is 2. The summed E-state index contributed by atoms with van der Waals surface area (Å²) < 4.78 is 7.03. The summed E-state index contributed by atoms with van der Waals surface area (Å²) in [5, 5.41) is 5.22. The van der Waals surface area contributed by atoms with E-state index in [1.54, 1.807) is 7.11 Å². The van der Waals surface area contributed by atoms with Gasteiger partial charge in [-0.1, -0.05) is 18.5 Å². The monoisotopic (exact) mass is 260 g/mol. The predicted octanol–water partition coefficient (Wildman–Crippen LogP) is 1.14. The highest BCUT2D eigenvalue weighted by molar-refractivity contribution is 6.31. The molecule has 0 bridgehead atoms. The van der Waals surface area contributed by atoms with Gasteiger partial charge in [0.15, 0.2) is 0 Å². The maximum absolute atomic E-state index is 6.32. The number of nitrogens with two attached hydrogens (primary N) is 1. The van der Waals surface area contributed by atoms with E-state index in [1.165, 1.54) is 0 Å². The molecule has 6 heteroatoms. The van der Waals surface area contributed by atoms with Crippen LogP contribution in [-0.2, 0) is 24.1 Å². The number of methoxy groups -OCH3 is 1. The molecule has 1 unspecified atom stereocenters. The standard InChI is InChI=1S/C11H21ClN4O/c1-4-9-11(12)10(16(5-2)15-9)6-8(14-13)7-17-3/h8,14H,4-7,13H2,1-3H3. The quantitative estimate of drug-likeness (QED) is 0.570. The average Bonchev–Trinajstić information content (AvgIpc) is 2.65. The van der Waals surface area contributed by atoms with Crippen LogP contribution in [0.1, 0.15) is 25.2 Å². The summed E-state index contributed by atoms with van der Waals surface area (Å²) in [6.45, 7) is 5.45. The van der Waals surface area contributed by atoms with Crippen molar-refractivity contribution >= 4 is 11.6 Å². The van der Waals surface area contributed by atoms with Gasteiger partial charge in [-0.05, 0) is 13.3 Å². The Hall–Kier alpha value is -0.620. The second kappa shape index (κ2) is 6.96. The summed E-state index contributed by atoms with van der Waals surface area (Å²) in [4.78, 5) is 0. The van der Waals surface area contributed by atoms with E-state index in [4.69, 9.17) is 22.2 Å². The number of aromatic nitrogens is 2. The molecule has 0 fully saturated rings. The Labute approximate surface area is 107 Å². The molecule has 0 spiro atoms. The van der Waals surface area contributed by atoms with E-state index in [1.807, 2.05) is 18.5 Å². The SMILES string of the molecule is CCc1nn(CC)c(CC(COC)NN)c1Cl. The van der Waals surface area contributed by atoms with Gasteiger partial charge < -0.3 is 4.74 Å². The molecule has 1 aromatic rings. The predicted molar refractivity (Wildman–Crippen MR) is 69.0 cm³/mol. The minimum Gasteiger partial charge on any atom is -0.383 e. The minimum absolute atomic E-state index is 0.0456. The molecule has 1 rings (SSSR count). The van der Waals surface area contributed by atoms with Gasteiger partial charge in [0.2, 0.25) is 0 Å². The maximum atomic E-state index is 6.32. The number of rotatable bonds is 7. The molecule has 1 aromatic heterocycles. The molecule has 1 atom stereocenters. The Morgan fingerprint density at radius 3 is 2.71 bits per heavy atom. The van der Waals surface area contributed by atoms with E-state index >= 15 is 0 Å². The lowest BCUT2D eigenvalue weighted by molar-refractivity contribution is 0.165. The van der Waals surface area contributed by atoms with Crippen LogP contribution in [0.4, 0.5) is 0 Å². The molecule has 3 N–H and O–H groups in total. The normalized spacial score (nSPS) is 13.0. The first kappa shape index (κ1) is 14.4. The van der Waals surface area contributed by atoms with Gasteiger partial charge in [0, 0.05) is 26.1 Å². The molecular formula is C11H21ClN4O. The summed E-state index contributed by atoms with van der Waals surface area (Å²) in [6, 6.07) is 0.0456. The molecule has 0 aliphatic carbocycles. The van der Waals surface area contributed by atoms with Gasteiger partial charge in [-0.25, -0.2) is 0 Å². The number of hydrogen-bond acceptors (Lipinski definition) is 4. The van der Waals surface area contributed by atoms with E-state index < -0.39 is 0 Å². The van der Waals surface area contributed by atoms with Crippen molar-refractivity contribution in [2.75, 3.05) is 13.7 Å². The maximum Gasteiger partial charge on any atom is 0.0850 e. The van der Waals surface area contributed by atoms with Crippen molar-refractivity contribution in [2.45, 2.75) is 39.3 Å². The van der Waals surface area contributed by atoms with E-state index in [-0.39, 0.29) is 6.04 Å². The lowest BCUT2D eigenvalue weighted by Gasteiger charge is -2.15. The molecule has 5 nitrogen and oxygen atoms in total. The molecule has 0 saturated carbocycles. The number of nitrogens with zero attached hydrogens (tertiary/aromatic N) is 2. The third kappa shape index (κ3) is 3.42. The number of hydrogen-bond donors (Lipinski definition) is 2. The van der Waals surface area contributed by atoms with Gasteiger partial charge in [0.1, 0.15) is 0 Å². The number of halogens is 1. The second-order valence-electron chi connectivity index (χ2n) is 3.90. The highest BCUT2D eigenvalue weighted by Gasteiger charge is 2.18. The van der Waals surface area contributed by atoms with Crippen LogP contribution < -0.4 is 11.3 Å². The fourth-order valence-electron chi connectivity index (χ4n) is 1.81. The van der Waals surface area contributed by atoms with Crippen LogP contribution in [0, 0.1) is 0 Å². The highest BCUT2D eigenvalue weighted by Crippen LogP contribution is 2.22. The van der Waals surface area contributed by atoms with E-state index in [0.29, 0.717) is 13.0 Å². The van der Waals surface area contributed by atoms with E-state index in [2.05, 4.69) is 10.5 Å². The molecule has 98 valence electrons. The first-order valence-electron chi connectivity index (χ1n) is 5.86. The zero-order valence-electron chi connectivity index (χ0n) is 10.7. The Balaban J connectivity index is 2.91. The molecule has 0 aliphatic heterocycles. The van der Waals surface area contributed by atoms with Crippen LogP contribution in [0.5, 0.6) is 0 Å². The Kier molecular flexibility index (Phi) is 5.91. The van der Waals surface area contributed by atoms with Gasteiger partial charge in [-0.2, -0.15) is 5.10 Å². The summed E-state index contributed by atoms with van der Waals surface area (Å²) >= 11 is 6.32. The summed E-state index contributed by atoms with van der Waals surface area (Å²) in [7, 11) is 1.65. The van der Waals surface area contributed by atoms with Crippen LogP contribution in [0.25, 0.3) is 0 Å². The molecule has 17 heavy (non-hydrogen) atoms. The molecule has 0 saturated heterocycles. The van der Waals surface area contributed by atoms with E-state index in [9.17, 15) is 0 Å².